The smallest absolute Gasteiger partial charge is 0.150 e. The van der Waals surface area contributed by atoms with Gasteiger partial charge in [0.15, 0.2) is 0 Å². The number of carbonyl (C=O) groups is 1. The van der Waals surface area contributed by atoms with E-state index in [1.54, 1.807) is 14.1 Å². The van der Waals surface area contributed by atoms with E-state index in [-0.39, 0.29) is 0 Å². The summed E-state index contributed by atoms with van der Waals surface area (Å²) in [5.41, 5.74) is 0. The van der Waals surface area contributed by atoms with Crippen LogP contribution in [0, 0.1) is 0 Å². The Bertz CT molecular complexity index is 160. The minimum atomic E-state index is -1.29. The summed E-state index contributed by atoms with van der Waals surface area (Å²) in [6, 6.07) is -0.780. The number of aldehydes is 1. The normalized spacial score (nSPS) is 20.8. The highest BCUT2D eigenvalue weighted by molar-refractivity contribution is 5.57. The number of carbonyl (C=O) groups excluding carboxylic acids is 1. The molecule has 3 N–H and O–H groups in total. The van der Waals surface area contributed by atoms with E-state index in [2.05, 4.69) is 0 Å². The molecule has 0 aliphatic heterocycles. The lowest BCUT2D eigenvalue weighted by Crippen LogP contribution is -2.52. The Hall–Kier alpha value is -0.490. The number of likely N-dealkylation sites (N-methyl/N-ethyl adjacent to an activating group) is 1. The van der Waals surface area contributed by atoms with Crippen LogP contribution in [0.3, 0.4) is 0 Å². The lowest BCUT2D eigenvalue weighted by molar-refractivity contribution is -0.123. The van der Waals surface area contributed by atoms with Gasteiger partial charge in [0.05, 0.1) is 18.2 Å². The third-order valence-corrected chi connectivity index (χ3v) is 1.93. The van der Waals surface area contributed by atoms with E-state index in [4.69, 9.17) is 5.11 Å². The number of rotatable bonds is 5. The average Bonchev–Trinajstić information content (AvgIpc) is 2.03. The second-order valence-electron chi connectivity index (χ2n) is 3.31. The van der Waals surface area contributed by atoms with Gasteiger partial charge in [-0.3, -0.25) is 0 Å². The maximum absolute atomic E-state index is 10.3. The van der Waals surface area contributed by atoms with Gasteiger partial charge < -0.3 is 25.0 Å². The zero-order valence-electron chi connectivity index (χ0n) is 8.08. The first-order chi connectivity index (χ1) is 5.91. The second-order valence-corrected chi connectivity index (χ2v) is 3.31. The van der Waals surface area contributed by atoms with Crippen molar-refractivity contribution in [2.45, 2.75) is 31.3 Å². The Balaban J connectivity index is 4.50. The first-order valence-electron chi connectivity index (χ1n) is 4.07. The standard InChI is InChI=1S/C8H17NO4/c1-5(11)8(13)7(9(2)3)6(12)4-10/h4-8,11-13H,1-3H3/t5-,6-,7+,8-/m1/s1. The molecule has 0 unspecified atom stereocenters. The third kappa shape index (κ3) is 3.40. The molecule has 0 saturated carbocycles. The topological polar surface area (TPSA) is 81.0 Å². The van der Waals surface area contributed by atoms with Crippen molar-refractivity contribution in [3.8, 4) is 0 Å². The van der Waals surface area contributed by atoms with Crippen molar-refractivity contribution >= 4 is 6.29 Å². The lowest BCUT2D eigenvalue weighted by Gasteiger charge is -2.31. The molecule has 0 spiro atoms. The van der Waals surface area contributed by atoms with E-state index in [0.717, 1.165) is 0 Å². The molecule has 0 aromatic heterocycles. The summed E-state index contributed by atoms with van der Waals surface area (Å²) in [5.74, 6) is 0. The molecule has 0 amide bonds. The fraction of sp³-hybridized carbons (Fsp3) is 0.875. The second kappa shape index (κ2) is 5.29. The largest absolute Gasteiger partial charge is 0.391 e. The van der Waals surface area contributed by atoms with Crippen molar-refractivity contribution in [1.82, 2.24) is 4.90 Å². The Morgan fingerprint density at radius 2 is 1.69 bits per heavy atom. The lowest BCUT2D eigenvalue weighted by atomic mass is 10.0. The van der Waals surface area contributed by atoms with Crippen LogP contribution in [0.1, 0.15) is 6.92 Å². The predicted octanol–water partition coefficient (Wildman–Crippen LogP) is -1.78. The van der Waals surface area contributed by atoms with Gasteiger partial charge in [0, 0.05) is 0 Å². The molecule has 4 atom stereocenters. The minimum Gasteiger partial charge on any atom is -0.391 e. The van der Waals surface area contributed by atoms with Gasteiger partial charge in [-0.2, -0.15) is 0 Å². The molecular formula is C8H17NO4. The van der Waals surface area contributed by atoms with Crippen molar-refractivity contribution < 1.29 is 20.1 Å². The summed E-state index contributed by atoms with van der Waals surface area (Å²) in [5, 5.41) is 27.8. The summed E-state index contributed by atoms with van der Waals surface area (Å²) >= 11 is 0. The molecule has 0 fully saturated rings. The summed E-state index contributed by atoms with van der Waals surface area (Å²) < 4.78 is 0. The molecule has 0 saturated heterocycles. The van der Waals surface area contributed by atoms with Gasteiger partial charge in [-0.1, -0.05) is 0 Å². The van der Waals surface area contributed by atoms with Gasteiger partial charge in [0.25, 0.3) is 0 Å². The molecule has 5 heteroatoms. The number of aliphatic hydroxyl groups is 3. The van der Waals surface area contributed by atoms with Crippen molar-refractivity contribution in [3.63, 3.8) is 0 Å². The van der Waals surface area contributed by atoms with E-state index in [1.807, 2.05) is 0 Å². The molecule has 78 valence electrons. The van der Waals surface area contributed by atoms with Crippen molar-refractivity contribution in [2.24, 2.45) is 0 Å². The van der Waals surface area contributed by atoms with Gasteiger partial charge >= 0.3 is 0 Å². The molecule has 0 heterocycles. The van der Waals surface area contributed by atoms with Crippen LogP contribution in [0.15, 0.2) is 0 Å². The molecule has 0 bridgehead atoms. The van der Waals surface area contributed by atoms with Crippen LogP contribution in [-0.2, 0) is 4.79 Å². The highest BCUT2D eigenvalue weighted by Gasteiger charge is 2.31. The van der Waals surface area contributed by atoms with E-state index in [0.29, 0.717) is 6.29 Å². The van der Waals surface area contributed by atoms with E-state index in [1.165, 1.54) is 11.8 Å². The van der Waals surface area contributed by atoms with Gasteiger partial charge in [0.1, 0.15) is 12.4 Å². The Morgan fingerprint density at radius 1 is 1.23 bits per heavy atom. The minimum absolute atomic E-state index is 0.344. The third-order valence-electron chi connectivity index (χ3n) is 1.93. The van der Waals surface area contributed by atoms with Crippen LogP contribution in [0.25, 0.3) is 0 Å². The van der Waals surface area contributed by atoms with E-state index < -0.39 is 24.4 Å². The predicted molar refractivity (Wildman–Crippen MR) is 47.2 cm³/mol. The maximum atomic E-state index is 10.3. The molecule has 0 rings (SSSR count). The number of aliphatic hydroxyl groups excluding tert-OH is 3. The van der Waals surface area contributed by atoms with E-state index in [9.17, 15) is 15.0 Å². The van der Waals surface area contributed by atoms with Crippen LogP contribution >= 0.6 is 0 Å². The van der Waals surface area contributed by atoms with Crippen LogP contribution in [-0.4, -0.2) is 65.0 Å². The monoisotopic (exact) mass is 191 g/mol. The zero-order chi connectivity index (χ0) is 10.6. The van der Waals surface area contributed by atoms with Gasteiger partial charge in [-0.15, -0.1) is 0 Å². The fourth-order valence-corrected chi connectivity index (χ4v) is 1.18. The van der Waals surface area contributed by atoms with Crippen molar-refractivity contribution in [2.75, 3.05) is 14.1 Å². The van der Waals surface area contributed by atoms with Gasteiger partial charge in [0.2, 0.25) is 0 Å². The summed E-state index contributed by atoms with van der Waals surface area (Å²) in [4.78, 5) is 11.8. The Morgan fingerprint density at radius 3 is 1.92 bits per heavy atom. The number of hydrogen-bond donors (Lipinski definition) is 3. The summed E-state index contributed by atoms with van der Waals surface area (Å²) in [6.45, 7) is 1.40. The first kappa shape index (κ1) is 12.5. The fourth-order valence-electron chi connectivity index (χ4n) is 1.18. The van der Waals surface area contributed by atoms with Gasteiger partial charge in [-0.25, -0.2) is 0 Å². The molecule has 0 radical (unpaired) electrons. The van der Waals surface area contributed by atoms with Crippen LogP contribution in [0.2, 0.25) is 0 Å². The first-order valence-corrected chi connectivity index (χ1v) is 4.07. The zero-order valence-corrected chi connectivity index (χ0v) is 8.08. The quantitative estimate of drug-likeness (QED) is 0.448. The van der Waals surface area contributed by atoms with Crippen LogP contribution in [0.4, 0.5) is 0 Å². The van der Waals surface area contributed by atoms with Crippen LogP contribution < -0.4 is 0 Å². The summed E-state index contributed by atoms with van der Waals surface area (Å²) in [6.07, 6.45) is -3.08. The molecular weight excluding hydrogens is 174 g/mol. The molecule has 5 nitrogen and oxygen atoms in total. The molecule has 13 heavy (non-hydrogen) atoms. The maximum Gasteiger partial charge on any atom is 0.150 e. The number of hydrogen-bond acceptors (Lipinski definition) is 5. The van der Waals surface area contributed by atoms with E-state index >= 15 is 0 Å². The molecule has 0 aromatic carbocycles. The molecule has 0 aliphatic rings. The SMILES string of the molecule is C[C@@H](O)[C@@H](O)[C@H]([C@H](O)C=O)N(C)C. The summed E-state index contributed by atoms with van der Waals surface area (Å²) in [7, 11) is 3.23. The van der Waals surface area contributed by atoms with Gasteiger partial charge in [-0.05, 0) is 21.0 Å². The highest BCUT2D eigenvalue weighted by atomic mass is 16.3. The molecule has 0 aliphatic carbocycles. The average molecular weight is 191 g/mol. The Labute approximate surface area is 77.6 Å². The van der Waals surface area contributed by atoms with Crippen molar-refractivity contribution in [1.29, 1.82) is 0 Å². The highest BCUT2D eigenvalue weighted by Crippen LogP contribution is 2.08. The molecule has 0 aromatic rings. The van der Waals surface area contributed by atoms with Crippen LogP contribution in [0.5, 0.6) is 0 Å². The number of nitrogens with zero attached hydrogens (tertiary/aromatic N) is 1. The Kier molecular flexibility index (Phi) is 5.09. The van der Waals surface area contributed by atoms with Crippen molar-refractivity contribution in [3.05, 3.63) is 0 Å².